The van der Waals surface area contributed by atoms with Gasteiger partial charge in [-0.05, 0) is 41.3 Å². The van der Waals surface area contributed by atoms with Crippen LogP contribution in [-0.4, -0.2) is 13.2 Å². The highest BCUT2D eigenvalue weighted by molar-refractivity contribution is 5.44. The third-order valence-corrected chi connectivity index (χ3v) is 3.76. The quantitative estimate of drug-likeness (QED) is 0.914. The van der Waals surface area contributed by atoms with Gasteiger partial charge in [0.2, 0.25) is 0 Å². The summed E-state index contributed by atoms with van der Waals surface area (Å²) in [4.78, 5) is 0. The summed E-state index contributed by atoms with van der Waals surface area (Å²) in [5.41, 5.74) is 9.85. The summed E-state index contributed by atoms with van der Waals surface area (Å²) in [5.74, 6) is 1.88. The first-order chi connectivity index (χ1) is 10.3. The van der Waals surface area contributed by atoms with Crippen molar-refractivity contribution in [3.05, 3.63) is 59.2 Å². The maximum atomic E-state index is 6.41. The number of nitrogens with two attached hydrogens (primary N) is 1. The number of hydrogen-bond donors (Lipinski definition) is 1. The zero-order chi connectivity index (χ0) is 14.7. The number of ether oxygens (including phenoxy) is 2. The smallest absolute Gasteiger partial charge is 0.122 e. The number of rotatable bonds is 5. The van der Waals surface area contributed by atoms with Crippen molar-refractivity contribution in [2.45, 2.75) is 25.8 Å². The molecule has 0 radical (unpaired) electrons. The average Bonchev–Trinajstić information content (AvgIpc) is 3.00. The molecule has 0 spiro atoms. The standard InChI is InChI=1S/C18H21NO2/c1-2-9-20-16-5-3-4-14(12-16)18(19)15-6-7-17-13(11-15)8-10-21-17/h3-7,11-12,18H,2,8-10,19H2,1H3. The molecule has 0 aliphatic carbocycles. The van der Waals surface area contributed by atoms with E-state index in [0.29, 0.717) is 0 Å². The molecular formula is C18H21NO2. The molecule has 0 fully saturated rings. The SMILES string of the molecule is CCCOc1cccc(C(N)c2ccc3c(c2)CCO3)c1. The lowest BCUT2D eigenvalue weighted by molar-refractivity contribution is 0.317. The zero-order valence-electron chi connectivity index (χ0n) is 12.3. The minimum atomic E-state index is -0.138. The van der Waals surface area contributed by atoms with E-state index in [9.17, 15) is 0 Å². The Bertz CT molecular complexity index is 624. The molecule has 0 aromatic heterocycles. The Morgan fingerprint density at radius 3 is 2.90 bits per heavy atom. The van der Waals surface area contributed by atoms with Gasteiger partial charge < -0.3 is 15.2 Å². The molecule has 0 saturated carbocycles. The van der Waals surface area contributed by atoms with Crippen molar-refractivity contribution in [3.8, 4) is 11.5 Å². The summed E-state index contributed by atoms with van der Waals surface area (Å²) >= 11 is 0. The summed E-state index contributed by atoms with van der Waals surface area (Å²) in [6, 6.07) is 14.1. The van der Waals surface area contributed by atoms with E-state index in [0.717, 1.165) is 48.7 Å². The molecule has 1 unspecified atom stereocenters. The van der Waals surface area contributed by atoms with Gasteiger partial charge in [0.15, 0.2) is 0 Å². The van der Waals surface area contributed by atoms with Gasteiger partial charge in [-0.15, -0.1) is 0 Å². The number of benzene rings is 2. The Morgan fingerprint density at radius 1 is 1.19 bits per heavy atom. The van der Waals surface area contributed by atoms with Gasteiger partial charge in [-0.1, -0.05) is 31.2 Å². The first-order valence-electron chi connectivity index (χ1n) is 7.52. The van der Waals surface area contributed by atoms with Crippen LogP contribution < -0.4 is 15.2 Å². The molecule has 1 aliphatic heterocycles. The minimum absolute atomic E-state index is 0.138. The Morgan fingerprint density at radius 2 is 2.05 bits per heavy atom. The number of hydrogen-bond acceptors (Lipinski definition) is 3. The number of fused-ring (bicyclic) bond motifs is 1. The van der Waals surface area contributed by atoms with Crippen LogP contribution in [0.1, 0.15) is 36.1 Å². The maximum Gasteiger partial charge on any atom is 0.122 e. The van der Waals surface area contributed by atoms with Crippen molar-refractivity contribution in [1.82, 2.24) is 0 Å². The molecule has 2 N–H and O–H groups in total. The second-order valence-electron chi connectivity index (χ2n) is 5.36. The van der Waals surface area contributed by atoms with E-state index in [2.05, 4.69) is 13.0 Å². The molecule has 3 rings (SSSR count). The minimum Gasteiger partial charge on any atom is -0.494 e. The van der Waals surface area contributed by atoms with Crippen LogP contribution in [0.3, 0.4) is 0 Å². The molecule has 0 saturated heterocycles. The highest BCUT2D eigenvalue weighted by atomic mass is 16.5. The van der Waals surface area contributed by atoms with Crippen LogP contribution >= 0.6 is 0 Å². The van der Waals surface area contributed by atoms with Gasteiger partial charge in [0.25, 0.3) is 0 Å². The molecule has 110 valence electrons. The van der Waals surface area contributed by atoms with Gasteiger partial charge in [-0.2, -0.15) is 0 Å². The lowest BCUT2D eigenvalue weighted by Crippen LogP contribution is -2.12. The summed E-state index contributed by atoms with van der Waals surface area (Å²) in [7, 11) is 0. The van der Waals surface area contributed by atoms with Crippen molar-refractivity contribution >= 4 is 0 Å². The average molecular weight is 283 g/mol. The van der Waals surface area contributed by atoms with E-state index in [4.69, 9.17) is 15.2 Å². The van der Waals surface area contributed by atoms with Crippen molar-refractivity contribution < 1.29 is 9.47 Å². The van der Waals surface area contributed by atoms with Crippen LogP contribution in [0.15, 0.2) is 42.5 Å². The predicted octanol–water partition coefficient (Wildman–Crippen LogP) is 3.46. The molecule has 2 aromatic carbocycles. The molecule has 0 amide bonds. The van der Waals surface area contributed by atoms with E-state index in [1.165, 1.54) is 5.56 Å². The van der Waals surface area contributed by atoms with Crippen LogP contribution in [0.5, 0.6) is 11.5 Å². The molecule has 2 aromatic rings. The van der Waals surface area contributed by atoms with Gasteiger partial charge in [0.1, 0.15) is 11.5 Å². The maximum absolute atomic E-state index is 6.41. The van der Waals surface area contributed by atoms with Gasteiger partial charge in [0.05, 0.1) is 19.3 Å². The van der Waals surface area contributed by atoms with E-state index >= 15 is 0 Å². The van der Waals surface area contributed by atoms with Crippen molar-refractivity contribution in [1.29, 1.82) is 0 Å². The van der Waals surface area contributed by atoms with Gasteiger partial charge in [-0.3, -0.25) is 0 Å². The fourth-order valence-electron chi connectivity index (χ4n) is 2.61. The molecule has 1 heterocycles. The molecule has 0 bridgehead atoms. The molecule has 3 nitrogen and oxygen atoms in total. The van der Waals surface area contributed by atoms with Crippen LogP contribution in [0, 0.1) is 0 Å². The monoisotopic (exact) mass is 283 g/mol. The van der Waals surface area contributed by atoms with Crippen LogP contribution in [0.2, 0.25) is 0 Å². The Kier molecular flexibility index (Phi) is 4.11. The molecule has 1 aliphatic rings. The summed E-state index contributed by atoms with van der Waals surface area (Å²) in [5, 5.41) is 0. The third-order valence-electron chi connectivity index (χ3n) is 3.76. The van der Waals surface area contributed by atoms with Crippen LogP contribution in [-0.2, 0) is 6.42 Å². The van der Waals surface area contributed by atoms with Gasteiger partial charge >= 0.3 is 0 Å². The summed E-state index contributed by atoms with van der Waals surface area (Å²) in [6.45, 7) is 3.60. The largest absolute Gasteiger partial charge is 0.494 e. The topological polar surface area (TPSA) is 44.5 Å². The lowest BCUT2D eigenvalue weighted by atomic mass is 9.97. The van der Waals surface area contributed by atoms with Crippen molar-refractivity contribution in [2.75, 3.05) is 13.2 Å². The molecular weight excluding hydrogens is 262 g/mol. The van der Waals surface area contributed by atoms with E-state index in [1.54, 1.807) is 0 Å². The molecule has 21 heavy (non-hydrogen) atoms. The van der Waals surface area contributed by atoms with E-state index in [1.807, 2.05) is 36.4 Å². The normalized spacial score (nSPS) is 14.4. The van der Waals surface area contributed by atoms with Crippen molar-refractivity contribution in [3.63, 3.8) is 0 Å². The fraction of sp³-hybridized carbons (Fsp3) is 0.333. The van der Waals surface area contributed by atoms with E-state index < -0.39 is 0 Å². The first kappa shape index (κ1) is 14.0. The van der Waals surface area contributed by atoms with Gasteiger partial charge in [-0.25, -0.2) is 0 Å². The Hall–Kier alpha value is -2.00. The molecule has 3 heteroatoms. The zero-order valence-corrected chi connectivity index (χ0v) is 12.3. The second kappa shape index (κ2) is 6.19. The first-order valence-corrected chi connectivity index (χ1v) is 7.52. The summed E-state index contributed by atoms with van der Waals surface area (Å²) < 4.78 is 11.2. The van der Waals surface area contributed by atoms with Gasteiger partial charge in [0, 0.05) is 6.42 Å². The van der Waals surface area contributed by atoms with Crippen molar-refractivity contribution in [2.24, 2.45) is 5.73 Å². The highest BCUT2D eigenvalue weighted by Crippen LogP contribution is 2.30. The third kappa shape index (κ3) is 3.03. The van der Waals surface area contributed by atoms with Crippen LogP contribution in [0.4, 0.5) is 0 Å². The lowest BCUT2D eigenvalue weighted by Gasteiger charge is -2.15. The Balaban J connectivity index is 1.82. The van der Waals surface area contributed by atoms with Crippen LogP contribution in [0.25, 0.3) is 0 Å². The van der Waals surface area contributed by atoms with E-state index in [-0.39, 0.29) is 6.04 Å². The fourth-order valence-corrected chi connectivity index (χ4v) is 2.61. The second-order valence-corrected chi connectivity index (χ2v) is 5.36. The predicted molar refractivity (Wildman–Crippen MR) is 83.9 cm³/mol. The molecule has 1 atom stereocenters. The highest BCUT2D eigenvalue weighted by Gasteiger charge is 2.16. The summed E-state index contributed by atoms with van der Waals surface area (Å²) in [6.07, 6.45) is 1.97. The Labute approximate surface area is 125 Å².